The van der Waals surface area contributed by atoms with E-state index in [1.165, 1.54) is 0 Å². The summed E-state index contributed by atoms with van der Waals surface area (Å²) in [5.74, 6) is 0.0553. The minimum Gasteiger partial charge on any atom is -0.383 e. The summed E-state index contributed by atoms with van der Waals surface area (Å²) in [6, 6.07) is 0. The third-order valence-electron chi connectivity index (χ3n) is 3.49. The molecule has 0 spiro atoms. The average molecular weight is 374 g/mol. The van der Waals surface area contributed by atoms with E-state index in [1.807, 2.05) is 0 Å². The van der Waals surface area contributed by atoms with Crippen molar-refractivity contribution in [2.24, 2.45) is 0 Å². The van der Waals surface area contributed by atoms with Crippen LogP contribution in [0.4, 0.5) is 0 Å². The molecule has 2 unspecified atom stereocenters. The van der Waals surface area contributed by atoms with E-state index in [4.69, 9.17) is 9.47 Å². The molecule has 1 heterocycles. The predicted molar refractivity (Wildman–Crippen MR) is 97.9 cm³/mol. The predicted octanol–water partition coefficient (Wildman–Crippen LogP) is 1.07. The van der Waals surface area contributed by atoms with Crippen molar-refractivity contribution >= 4 is 30.7 Å². The van der Waals surface area contributed by atoms with E-state index >= 15 is 0 Å². The molecule has 8 heteroatoms. The number of amides is 1. The lowest BCUT2D eigenvalue weighted by molar-refractivity contribution is -0.120. The summed E-state index contributed by atoms with van der Waals surface area (Å²) in [6.45, 7) is 9.81. The molecule has 2 N–H and O–H groups in total. The lowest BCUT2D eigenvalue weighted by Gasteiger charge is -2.35. The summed E-state index contributed by atoms with van der Waals surface area (Å²) in [6.07, 6.45) is 2.78. The summed E-state index contributed by atoms with van der Waals surface area (Å²) in [5.41, 5.74) is 0. The van der Waals surface area contributed by atoms with E-state index < -0.39 is 0 Å². The van der Waals surface area contributed by atoms with Crippen molar-refractivity contribution in [2.45, 2.75) is 38.9 Å². The standard InChI is InChI=1S/C15H31N3O3.2ClH/c1-13-11-18(12-14(2)21-13)8-5-4-6-17-15(19)10-16-7-9-20-3;;/h13-14,16H,4-12H2,1-3H3,(H,17,19);2*1H. The van der Waals surface area contributed by atoms with Crippen LogP contribution in [0.2, 0.25) is 0 Å². The van der Waals surface area contributed by atoms with Gasteiger partial charge in [-0.05, 0) is 33.2 Å². The topological polar surface area (TPSA) is 62.8 Å². The van der Waals surface area contributed by atoms with E-state index in [-0.39, 0.29) is 30.7 Å². The minimum absolute atomic E-state index is 0. The monoisotopic (exact) mass is 373 g/mol. The van der Waals surface area contributed by atoms with Gasteiger partial charge in [0.2, 0.25) is 5.91 Å². The Morgan fingerprint density at radius 2 is 1.83 bits per heavy atom. The summed E-state index contributed by atoms with van der Waals surface area (Å²) >= 11 is 0. The first-order valence-corrected chi connectivity index (χ1v) is 7.96. The largest absolute Gasteiger partial charge is 0.383 e. The second-order valence-corrected chi connectivity index (χ2v) is 5.74. The van der Waals surface area contributed by atoms with Crippen LogP contribution in [0.5, 0.6) is 0 Å². The molecule has 23 heavy (non-hydrogen) atoms. The Morgan fingerprint density at radius 1 is 1.17 bits per heavy atom. The Labute approximate surface area is 152 Å². The van der Waals surface area contributed by atoms with Crippen molar-refractivity contribution in [2.75, 3.05) is 53.0 Å². The van der Waals surface area contributed by atoms with Crippen LogP contribution in [0.15, 0.2) is 0 Å². The molecule has 1 fully saturated rings. The Bertz CT molecular complexity index is 289. The molecule has 0 aromatic heterocycles. The Morgan fingerprint density at radius 3 is 2.43 bits per heavy atom. The van der Waals surface area contributed by atoms with Gasteiger partial charge < -0.3 is 20.1 Å². The van der Waals surface area contributed by atoms with Crippen molar-refractivity contribution < 1.29 is 14.3 Å². The van der Waals surface area contributed by atoms with Gasteiger partial charge >= 0.3 is 0 Å². The van der Waals surface area contributed by atoms with Gasteiger partial charge in [-0.2, -0.15) is 0 Å². The van der Waals surface area contributed by atoms with E-state index in [1.54, 1.807) is 7.11 Å². The van der Waals surface area contributed by atoms with Gasteiger partial charge in [-0.3, -0.25) is 9.69 Å². The molecule has 0 aromatic carbocycles. The molecule has 0 bridgehead atoms. The summed E-state index contributed by atoms with van der Waals surface area (Å²) in [7, 11) is 1.65. The number of nitrogens with zero attached hydrogens (tertiary/aromatic N) is 1. The smallest absolute Gasteiger partial charge is 0.233 e. The molecule has 0 aliphatic carbocycles. The Hall–Kier alpha value is -0.110. The highest BCUT2D eigenvalue weighted by Crippen LogP contribution is 2.10. The van der Waals surface area contributed by atoms with Gasteiger partial charge in [-0.15, -0.1) is 24.8 Å². The molecule has 1 amide bonds. The number of carbonyl (C=O) groups excluding carboxylic acids is 1. The second kappa shape index (κ2) is 15.4. The maximum atomic E-state index is 11.5. The van der Waals surface area contributed by atoms with Crippen LogP contribution in [0.25, 0.3) is 0 Å². The van der Waals surface area contributed by atoms with Gasteiger partial charge in [0, 0.05) is 33.3 Å². The third-order valence-corrected chi connectivity index (χ3v) is 3.49. The number of methoxy groups -OCH3 is 1. The fraction of sp³-hybridized carbons (Fsp3) is 0.933. The molecule has 0 saturated carbocycles. The maximum Gasteiger partial charge on any atom is 0.233 e. The first-order valence-electron chi connectivity index (χ1n) is 7.96. The zero-order chi connectivity index (χ0) is 15.5. The molecule has 0 aromatic rings. The van der Waals surface area contributed by atoms with Crippen LogP contribution in [0, 0.1) is 0 Å². The number of unbranched alkanes of at least 4 members (excludes halogenated alkanes) is 1. The van der Waals surface area contributed by atoms with Crippen LogP contribution in [-0.2, 0) is 14.3 Å². The van der Waals surface area contributed by atoms with Crippen molar-refractivity contribution in [3.63, 3.8) is 0 Å². The average Bonchev–Trinajstić information content (AvgIpc) is 2.42. The van der Waals surface area contributed by atoms with Gasteiger partial charge in [0.25, 0.3) is 0 Å². The molecular weight excluding hydrogens is 341 g/mol. The highest BCUT2D eigenvalue weighted by atomic mass is 35.5. The fourth-order valence-corrected chi connectivity index (χ4v) is 2.59. The van der Waals surface area contributed by atoms with Crippen LogP contribution >= 0.6 is 24.8 Å². The number of halogens is 2. The maximum absolute atomic E-state index is 11.5. The van der Waals surface area contributed by atoms with Gasteiger partial charge in [0.1, 0.15) is 0 Å². The summed E-state index contributed by atoms with van der Waals surface area (Å²) in [4.78, 5) is 14.0. The molecule has 1 aliphatic rings. The van der Waals surface area contributed by atoms with Crippen molar-refractivity contribution in [3.8, 4) is 0 Å². The number of ether oxygens (including phenoxy) is 2. The fourth-order valence-electron chi connectivity index (χ4n) is 2.59. The molecule has 140 valence electrons. The Kier molecular flexibility index (Phi) is 16.9. The van der Waals surface area contributed by atoms with E-state index in [0.29, 0.717) is 31.9 Å². The van der Waals surface area contributed by atoms with Gasteiger partial charge in [0.05, 0.1) is 25.4 Å². The quantitative estimate of drug-likeness (QED) is 0.560. The van der Waals surface area contributed by atoms with Crippen LogP contribution in [0.1, 0.15) is 26.7 Å². The van der Waals surface area contributed by atoms with E-state index in [2.05, 4.69) is 29.4 Å². The van der Waals surface area contributed by atoms with Gasteiger partial charge in [-0.25, -0.2) is 0 Å². The molecule has 6 nitrogen and oxygen atoms in total. The molecular formula is C15H33Cl2N3O3. The number of rotatable bonds is 10. The molecule has 1 aliphatic heterocycles. The van der Waals surface area contributed by atoms with Gasteiger partial charge in [0.15, 0.2) is 0 Å². The molecule has 1 saturated heterocycles. The van der Waals surface area contributed by atoms with Crippen LogP contribution in [-0.4, -0.2) is 76.0 Å². The van der Waals surface area contributed by atoms with Crippen molar-refractivity contribution in [3.05, 3.63) is 0 Å². The zero-order valence-corrected chi connectivity index (χ0v) is 16.1. The lowest BCUT2D eigenvalue weighted by Crippen LogP contribution is -2.45. The number of hydrogen-bond donors (Lipinski definition) is 2. The van der Waals surface area contributed by atoms with Crippen LogP contribution < -0.4 is 10.6 Å². The number of hydrogen-bond acceptors (Lipinski definition) is 5. The van der Waals surface area contributed by atoms with Gasteiger partial charge in [-0.1, -0.05) is 0 Å². The van der Waals surface area contributed by atoms with E-state index in [9.17, 15) is 4.79 Å². The highest BCUT2D eigenvalue weighted by molar-refractivity contribution is 5.85. The lowest BCUT2D eigenvalue weighted by atomic mass is 10.2. The minimum atomic E-state index is 0. The molecule has 2 atom stereocenters. The SMILES string of the molecule is COCCNCC(=O)NCCCCN1CC(C)OC(C)C1.Cl.Cl. The van der Waals surface area contributed by atoms with E-state index in [0.717, 1.165) is 39.0 Å². The Balaban J connectivity index is 0. The molecule has 0 radical (unpaired) electrons. The summed E-state index contributed by atoms with van der Waals surface area (Å²) < 4.78 is 10.6. The summed E-state index contributed by atoms with van der Waals surface area (Å²) in [5, 5.41) is 5.96. The molecule has 1 rings (SSSR count). The second-order valence-electron chi connectivity index (χ2n) is 5.74. The zero-order valence-electron chi connectivity index (χ0n) is 14.5. The first kappa shape index (κ1) is 25.1. The number of nitrogens with one attached hydrogen (secondary N) is 2. The van der Waals surface area contributed by atoms with Crippen LogP contribution in [0.3, 0.4) is 0 Å². The van der Waals surface area contributed by atoms with Crippen molar-refractivity contribution in [1.82, 2.24) is 15.5 Å². The van der Waals surface area contributed by atoms with Crippen molar-refractivity contribution in [1.29, 1.82) is 0 Å². The number of morpholine rings is 1. The number of carbonyl (C=O) groups is 1. The first-order chi connectivity index (χ1) is 10.1. The highest BCUT2D eigenvalue weighted by Gasteiger charge is 2.21. The third kappa shape index (κ3) is 12.9. The normalized spacial score (nSPS) is 21.2.